The van der Waals surface area contributed by atoms with Gasteiger partial charge in [-0.2, -0.15) is 0 Å². The minimum absolute atomic E-state index is 0.00114. The number of carbonyl (C=O) groups is 2. The number of cyclic esters (lactones) is 1. The van der Waals surface area contributed by atoms with Crippen LogP contribution in [0, 0.1) is 0 Å². The first-order chi connectivity index (χ1) is 16.6. The normalized spacial score (nSPS) is 19.2. The summed E-state index contributed by atoms with van der Waals surface area (Å²) in [5, 5.41) is 19.6. The molecule has 7 nitrogen and oxygen atoms in total. The molecule has 35 heavy (non-hydrogen) atoms. The molecule has 1 fully saturated rings. The van der Waals surface area contributed by atoms with E-state index in [0.717, 1.165) is 22.3 Å². The topological polar surface area (TPSA) is 100.0 Å². The van der Waals surface area contributed by atoms with Gasteiger partial charge in [0.2, 0.25) is 0 Å². The highest BCUT2D eigenvalue weighted by atomic mass is 16.6. The first-order valence-electron chi connectivity index (χ1n) is 11.7. The maximum atomic E-state index is 13.2. The molecular formula is C28H30N2O5. The fourth-order valence-electron chi connectivity index (χ4n) is 4.72. The molecule has 3 aromatic rings. The average Bonchev–Trinajstić information content (AvgIpc) is 2.83. The lowest BCUT2D eigenvalue weighted by Crippen LogP contribution is -2.51. The van der Waals surface area contributed by atoms with Gasteiger partial charge in [0.25, 0.3) is 0 Å². The molecule has 2 atom stereocenters. The lowest BCUT2D eigenvalue weighted by atomic mass is 9.80. The number of carboxylic acids is 1. The third-order valence-electron chi connectivity index (χ3n) is 6.47. The zero-order valence-corrected chi connectivity index (χ0v) is 20.1. The Hall–Kier alpha value is -3.71. The molecule has 2 heterocycles. The number of amides is 1. The summed E-state index contributed by atoms with van der Waals surface area (Å²) in [4.78, 5) is 29.9. The van der Waals surface area contributed by atoms with Crippen LogP contribution in [0.25, 0.3) is 11.1 Å². The first kappa shape index (κ1) is 24.4. The van der Waals surface area contributed by atoms with Crippen molar-refractivity contribution >= 4 is 12.1 Å². The minimum atomic E-state index is -1.06. The van der Waals surface area contributed by atoms with Crippen LogP contribution in [0.4, 0.5) is 4.79 Å². The lowest BCUT2D eigenvalue weighted by Gasteiger charge is -2.45. The Labute approximate surface area is 205 Å². The van der Waals surface area contributed by atoms with Gasteiger partial charge >= 0.3 is 12.1 Å². The Kier molecular flexibility index (Phi) is 6.63. The number of aromatic nitrogens is 1. The molecule has 1 aliphatic heterocycles. The maximum absolute atomic E-state index is 13.2. The van der Waals surface area contributed by atoms with Crippen LogP contribution in [-0.2, 0) is 10.3 Å². The first-order valence-corrected chi connectivity index (χ1v) is 11.7. The van der Waals surface area contributed by atoms with Gasteiger partial charge in [-0.15, -0.1) is 0 Å². The fourth-order valence-corrected chi connectivity index (χ4v) is 4.72. The number of rotatable bonds is 7. The van der Waals surface area contributed by atoms with E-state index in [1.807, 2.05) is 61.5 Å². The van der Waals surface area contributed by atoms with Gasteiger partial charge in [-0.05, 0) is 43.5 Å². The van der Waals surface area contributed by atoms with Crippen LogP contribution in [-0.4, -0.2) is 44.3 Å². The van der Waals surface area contributed by atoms with Crippen molar-refractivity contribution in [1.82, 2.24) is 9.88 Å². The van der Waals surface area contributed by atoms with E-state index in [2.05, 4.69) is 4.98 Å². The second-order valence-corrected chi connectivity index (χ2v) is 9.70. The summed E-state index contributed by atoms with van der Waals surface area (Å²) < 4.78 is 6.09. The Morgan fingerprint density at radius 2 is 1.74 bits per heavy atom. The number of carbonyl (C=O) groups excluding carboxylic acids is 1. The molecule has 1 aromatic heterocycles. The number of aliphatic hydroxyl groups is 1. The molecule has 0 spiro atoms. The summed E-state index contributed by atoms with van der Waals surface area (Å²) in [6.07, 6.45) is 2.00. The largest absolute Gasteiger partial charge is 0.477 e. The van der Waals surface area contributed by atoms with Gasteiger partial charge in [0.15, 0.2) is 0 Å². The quantitative estimate of drug-likeness (QED) is 0.475. The van der Waals surface area contributed by atoms with Crippen LogP contribution in [0.1, 0.15) is 61.3 Å². The van der Waals surface area contributed by atoms with Crippen LogP contribution in [0.3, 0.4) is 0 Å². The van der Waals surface area contributed by atoms with Crippen molar-refractivity contribution in [3.63, 3.8) is 0 Å². The van der Waals surface area contributed by atoms with Crippen LogP contribution >= 0.6 is 0 Å². The number of hydrogen-bond acceptors (Lipinski definition) is 5. The Morgan fingerprint density at radius 3 is 2.29 bits per heavy atom. The van der Waals surface area contributed by atoms with Gasteiger partial charge < -0.3 is 19.8 Å². The lowest BCUT2D eigenvalue weighted by molar-refractivity contribution is -0.101. The van der Waals surface area contributed by atoms with Crippen molar-refractivity contribution in [2.24, 2.45) is 0 Å². The zero-order chi connectivity index (χ0) is 25.2. The Morgan fingerprint density at radius 1 is 1.09 bits per heavy atom. The van der Waals surface area contributed by atoms with Gasteiger partial charge in [-0.25, -0.2) is 14.6 Å². The summed E-state index contributed by atoms with van der Waals surface area (Å²) in [5.41, 5.74) is 1.66. The third kappa shape index (κ3) is 5.35. The molecule has 0 aliphatic carbocycles. The van der Waals surface area contributed by atoms with Gasteiger partial charge in [0.1, 0.15) is 11.3 Å². The highest BCUT2D eigenvalue weighted by molar-refractivity contribution is 5.85. The van der Waals surface area contributed by atoms with E-state index in [0.29, 0.717) is 19.4 Å². The van der Waals surface area contributed by atoms with Crippen molar-refractivity contribution in [3.8, 4) is 11.1 Å². The number of benzene rings is 2. The van der Waals surface area contributed by atoms with E-state index in [-0.39, 0.29) is 11.7 Å². The summed E-state index contributed by atoms with van der Waals surface area (Å²) in [5.74, 6) is -1.06. The van der Waals surface area contributed by atoms with Crippen molar-refractivity contribution in [2.75, 3.05) is 6.54 Å². The summed E-state index contributed by atoms with van der Waals surface area (Å²) >= 11 is 0. The highest BCUT2D eigenvalue weighted by Gasteiger charge is 2.46. The number of hydrogen-bond donors (Lipinski definition) is 2. The van der Waals surface area contributed by atoms with Gasteiger partial charge in [-0.3, -0.25) is 0 Å². The van der Waals surface area contributed by atoms with Gasteiger partial charge in [0.05, 0.1) is 11.6 Å². The number of nitrogens with zero attached hydrogens (tertiary/aromatic N) is 2. The van der Waals surface area contributed by atoms with Gasteiger partial charge in [0, 0.05) is 31.1 Å². The van der Waals surface area contributed by atoms with E-state index in [4.69, 9.17) is 9.84 Å². The average molecular weight is 475 g/mol. The van der Waals surface area contributed by atoms with Crippen molar-refractivity contribution < 1.29 is 24.5 Å². The van der Waals surface area contributed by atoms with Crippen LogP contribution < -0.4 is 0 Å². The monoisotopic (exact) mass is 474 g/mol. The summed E-state index contributed by atoms with van der Waals surface area (Å²) in [6.45, 7) is 5.91. The molecule has 1 saturated heterocycles. The summed E-state index contributed by atoms with van der Waals surface area (Å²) in [6, 6.07) is 20.4. The zero-order valence-electron chi connectivity index (χ0n) is 20.1. The number of aromatic carboxylic acids is 1. The molecule has 2 unspecified atom stereocenters. The van der Waals surface area contributed by atoms with Crippen molar-refractivity contribution in [3.05, 3.63) is 89.7 Å². The van der Waals surface area contributed by atoms with E-state index < -0.39 is 23.3 Å². The SMILES string of the molecule is CC(c1ccc(-c2ccc(C(=O)O)nc2)cc1)N1CCC(CC(C)(C)O)(c2ccccc2)OC1=O. The molecule has 1 amide bonds. The molecule has 0 radical (unpaired) electrons. The smallest absolute Gasteiger partial charge is 0.411 e. The maximum Gasteiger partial charge on any atom is 0.411 e. The third-order valence-corrected chi connectivity index (χ3v) is 6.47. The molecular weight excluding hydrogens is 444 g/mol. The number of pyridine rings is 1. The molecule has 0 bridgehead atoms. The Bertz CT molecular complexity index is 1190. The molecule has 7 heteroatoms. The number of ether oxygens (including phenoxy) is 1. The minimum Gasteiger partial charge on any atom is -0.477 e. The standard InChI is InChI=1S/C28H30N2O5/c1-19(20-9-11-21(12-10-20)22-13-14-24(25(31)32)29-17-22)30-16-15-28(35-26(30)33,18-27(2,3)34)23-7-5-4-6-8-23/h4-14,17,19,34H,15-16,18H2,1-3H3,(H,31,32). The van der Waals surface area contributed by atoms with Crippen LogP contribution in [0.2, 0.25) is 0 Å². The molecule has 2 aromatic carbocycles. The van der Waals surface area contributed by atoms with E-state index >= 15 is 0 Å². The molecule has 1 aliphatic rings. The predicted molar refractivity (Wildman–Crippen MR) is 132 cm³/mol. The summed E-state index contributed by atoms with van der Waals surface area (Å²) in [7, 11) is 0. The van der Waals surface area contributed by atoms with E-state index in [9.17, 15) is 14.7 Å². The second-order valence-electron chi connectivity index (χ2n) is 9.70. The van der Waals surface area contributed by atoms with Crippen molar-refractivity contribution in [1.29, 1.82) is 0 Å². The molecule has 182 valence electrons. The molecule has 0 saturated carbocycles. The Balaban J connectivity index is 1.51. The van der Waals surface area contributed by atoms with Crippen LogP contribution in [0.15, 0.2) is 72.9 Å². The van der Waals surface area contributed by atoms with Gasteiger partial charge in [-0.1, -0.05) is 60.7 Å². The van der Waals surface area contributed by atoms with E-state index in [1.165, 1.54) is 12.3 Å². The second kappa shape index (κ2) is 9.50. The number of carboxylic acid groups (broad SMARTS) is 1. The molecule has 2 N–H and O–H groups in total. The van der Waals surface area contributed by atoms with Crippen molar-refractivity contribution in [2.45, 2.75) is 50.9 Å². The van der Waals surface area contributed by atoms with E-state index in [1.54, 1.807) is 24.8 Å². The highest BCUT2D eigenvalue weighted by Crippen LogP contribution is 2.42. The molecule has 4 rings (SSSR count). The predicted octanol–water partition coefficient (Wildman–Crippen LogP) is 5.41. The van der Waals surface area contributed by atoms with Crippen LogP contribution in [0.5, 0.6) is 0 Å². The fraction of sp³-hybridized carbons (Fsp3) is 0.321.